The molecule has 0 radical (unpaired) electrons. The van der Waals surface area contributed by atoms with E-state index in [0.29, 0.717) is 30.3 Å². The lowest BCUT2D eigenvalue weighted by atomic mass is 10.00. The second kappa shape index (κ2) is 7.81. The summed E-state index contributed by atoms with van der Waals surface area (Å²) in [4.78, 5) is 15.2. The predicted octanol–water partition coefficient (Wildman–Crippen LogP) is 1.16. The number of amides is 1. The van der Waals surface area contributed by atoms with Crippen molar-refractivity contribution in [1.82, 2.24) is 9.91 Å². The van der Waals surface area contributed by atoms with Crippen LogP contribution >= 0.6 is 0 Å². The largest absolute Gasteiger partial charge is 0.441 e. The van der Waals surface area contributed by atoms with Crippen LogP contribution in [0.1, 0.15) is 11.1 Å². The lowest BCUT2D eigenvalue weighted by Crippen LogP contribution is -2.44. The second-order valence-corrected chi connectivity index (χ2v) is 7.34. The number of hydrogen-bond donors (Lipinski definition) is 3. The summed E-state index contributed by atoms with van der Waals surface area (Å²) >= 11 is 0. The van der Waals surface area contributed by atoms with Crippen LogP contribution in [0, 0.1) is 5.82 Å². The molecule has 10 heteroatoms. The van der Waals surface area contributed by atoms with E-state index in [9.17, 15) is 9.18 Å². The van der Waals surface area contributed by atoms with Crippen LogP contribution in [0.5, 0.6) is 0 Å². The van der Waals surface area contributed by atoms with Crippen molar-refractivity contribution in [3.63, 3.8) is 0 Å². The maximum atomic E-state index is 14.9. The summed E-state index contributed by atoms with van der Waals surface area (Å²) in [6.45, 7) is 1.08. The quantitative estimate of drug-likeness (QED) is 0.298. The molecule has 9 nitrogen and oxygen atoms in total. The molecule has 0 saturated carbocycles. The van der Waals surface area contributed by atoms with Crippen LogP contribution in [0.15, 0.2) is 41.5 Å². The average Bonchev–Trinajstić information content (AvgIpc) is 3.30. The Morgan fingerprint density at radius 1 is 1.30 bits per heavy atom. The Morgan fingerprint density at radius 2 is 2.07 bits per heavy atom. The summed E-state index contributed by atoms with van der Waals surface area (Å²) < 4.78 is 19.9. The molecule has 0 spiro atoms. The fourth-order valence-electron chi connectivity index (χ4n) is 3.83. The van der Waals surface area contributed by atoms with Crippen LogP contribution in [-0.2, 0) is 17.8 Å². The molecule has 30 heavy (non-hydrogen) atoms. The smallest absolute Gasteiger partial charge is 0.414 e. The molecular weight excluding hydrogens is 391 g/mol. The van der Waals surface area contributed by atoms with E-state index < -0.39 is 18.0 Å². The van der Waals surface area contributed by atoms with Gasteiger partial charge in [0, 0.05) is 25.7 Å². The topological polar surface area (TPSA) is 121 Å². The molecule has 1 unspecified atom stereocenters. The van der Waals surface area contributed by atoms with Crippen molar-refractivity contribution < 1.29 is 19.0 Å². The number of nitrogens with zero attached hydrogens (tertiary/aromatic N) is 4. The van der Waals surface area contributed by atoms with E-state index in [2.05, 4.69) is 5.10 Å². The van der Waals surface area contributed by atoms with E-state index in [4.69, 9.17) is 21.5 Å². The molecule has 0 bridgehead atoms. The van der Waals surface area contributed by atoms with Crippen molar-refractivity contribution in [2.24, 2.45) is 16.8 Å². The van der Waals surface area contributed by atoms with Gasteiger partial charge in [-0.3, -0.25) is 9.91 Å². The summed E-state index contributed by atoms with van der Waals surface area (Å²) in [7, 11) is 1.66. The number of ether oxygens (including phenoxy) is 1. The summed E-state index contributed by atoms with van der Waals surface area (Å²) in [6.07, 6.45) is -1.20. The molecule has 1 amide bonds. The Balaban J connectivity index is 1.57. The second-order valence-electron chi connectivity index (χ2n) is 7.34. The van der Waals surface area contributed by atoms with Gasteiger partial charge in [0.15, 0.2) is 0 Å². The number of aliphatic hydroxyl groups excluding tert-OH is 1. The van der Waals surface area contributed by atoms with E-state index in [1.54, 1.807) is 19.2 Å². The molecule has 4 rings (SSSR count). The van der Waals surface area contributed by atoms with Gasteiger partial charge in [-0.15, -0.1) is 5.10 Å². The lowest BCUT2D eigenvalue weighted by Gasteiger charge is -2.24. The minimum atomic E-state index is -0.602. The predicted molar refractivity (Wildman–Crippen MR) is 109 cm³/mol. The van der Waals surface area contributed by atoms with Crippen LogP contribution < -0.4 is 16.6 Å². The number of hydrazone groups is 1. The van der Waals surface area contributed by atoms with E-state index in [1.165, 1.54) is 16.0 Å². The molecule has 0 aliphatic carbocycles. The monoisotopic (exact) mass is 414 g/mol. The molecule has 1 fully saturated rings. The SMILES string of the molecule is CN(N)/C(=N\N)N1Cc2ccc(-c3ccc(N4CC(CO)OC4=O)cc3F)cc2C1. The number of hydrogen-bond acceptors (Lipinski definition) is 6. The van der Waals surface area contributed by atoms with Crippen molar-refractivity contribution in [3.05, 3.63) is 53.3 Å². The van der Waals surface area contributed by atoms with Gasteiger partial charge >= 0.3 is 6.09 Å². The molecule has 1 saturated heterocycles. The third-order valence-corrected chi connectivity index (χ3v) is 5.30. The standard InChI is InChI=1S/C20H23FN6O3/c1-25(23)19(24-22)26-8-13-3-2-12(6-14(13)9-26)17-5-4-15(7-18(17)21)27-10-16(11-28)30-20(27)29/h2-7,16,28H,8-11,22-23H2,1H3/b24-19+. The Labute approximate surface area is 172 Å². The first-order valence-corrected chi connectivity index (χ1v) is 9.43. The number of aliphatic hydroxyl groups is 1. The number of cyclic esters (lactones) is 1. The van der Waals surface area contributed by atoms with Crippen LogP contribution in [-0.4, -0.2) is 53.4 Å². The molecule has 2 heterocycles. The number of carbonyl (C=O) groups is 1. The molecular formula is C20H23FN6O3. The van der Waals surface area contributed by atoms with Gasteiger partial charge in [0.1, 0.15) is 11.9 Å². The maximum absolute atomic E-state index is 14.9. The highest BCUT2D eigenvalue weighted by Crippen LogP contribution is 2.32. The highest BCUT2D eigenvalue weighted by atomic mass is 19.1. The third kappa shape index (κ3) is 3.51. The normalized spacial score (nSPS) is 18.6. The first-order chi connectivity index (χ1) is 14.4. The van der Waals surface area contributed by atoms with E-state index in [-0.39, 0.29) is 13.2 Å². The van der Waals surface area contributed by atoms with E-state index in [1.807, 2.05) is 23.1 Å². The van der Waals surface area contributed by atoms with Crippen molar-refractivity contribution >= 4 is 17.7 Å². The van der Waals surface area contributed by atoms with Gasteiger partial charge in [-0.05, 0) is 41.0 Å². The molecule has 158 valence electrons. The van der Waals surface area contributed by atoms with Crippen molar-refractivity contribution in [2.45, 2.75) is 19.2 Å². The molecule has 2 aromatic rings. The number of carbonyl (C=O) groups excluding carboxylic acids is 1. The van der Waals surface area contributed by atoms with E-state index >= 15 is 0 Å². The van der Waals surface area contributed by atoms with Gasteiger partial charge in [-0.1, -0.05) is 12.1 Å². The van der Waals surface area contributed by atoms with Crippen LogP contribution in [0.25, 0.3) is 11.1 Å². The Morgan fingerprint density at radius 3 is 2.70 bits per heavy atom. The first-order valence-electron chi connectivity index (χ1n) is 9.43. The minimum Gasteiger partial charge on any atom is -0.441 e. The van der Waals surface area contributed by atoms with Crippen LogP contribution in [0.2, 0.25) is 0 Å². The van der Waals surface area contributed by atoms with Crippen LogP contribution in [0.3, 0.4) is 0 Å². The lowest BCUT2D eigenvalue weighted by molar-refractivity contribution is 0.0963. The van der Waals surface area contributed by atoms with Gasteiger partial charge in [0.05, 0.1) is 18.8 Å². The summed E-state index contributed by atoms with van der Waals surface area (Å²) in [5, 5.41) is 14.3. The molecule has 2 aliphatic rings. The Bertz CT molecular complexity index is 1010. The number of nitrogens with two attached hydrogens (primary N) is 2. The summed E-state index contributed by atoms with van der Waals surface area (Å²) in [5.41, 5.74) is 3.67. The zero-order chi connectivity index (χ0) is 21.4. The fourth-order valence-corrected chi connectivity index (χ4v) is 3.83. The van der Waals surface area contributed by atoms with Crippen molar-refractivity contribution in [3.8, 4) is 11.1 Å². The fraction of sp³-hybridized carbons (Fsp3) is 0.300. The van der Waals surface area contributed by atoms with Gasteiger partial charge in [0.2, 0.25) is 5.96 Å². The van der Waals surface area contributed by atoms with Gasteiger partial charge in [-0.2, -0.15) is 0 Å². The van der Waals surface area contributed by atoms with Gasteiger partial charge in [0.25, 0.3) is 0 Å². The highest BCUT2D eigenvalue weighted by Gasteiger charge is 2.32. The maximum Gasteiger partial charge on any atom is 0.414 e. The average molecular weight is 414 g/mol. The number of benzene rings is 2. The number of rotatable bonds is 3. The summed E-state index contributed by atoms with van der Waals surface area (Å²) in [6, 6.07) is 10.4. The van der Waals surface area contributed by atoms with Crippen LogP contribution in [0.4, 0.5) is 14.9 Å². The van der Waals surface area contributed by atoms with Gasteiger partial charge in [-0.25, -0.2) is 15.0 Å². The molecule has 1 atom stereocenters. The molecule has 5 N–H and O–H groups in total. The number of anilines is 1. The van der Waals surface area contributed by atoms with Crippen molar-refractivity contribution in [1.29, 1.82) is 0 Å². The Kier molecular flexibility index (Phi) is 5.18. The molecule has 2 aromatic carbocycles. The number of hydrazine groups is 1. The Hall–Kier alpha value is -3.37. The van der Waals surface area contributed by atoms with Crippen molar-refractivity contribution in [2.75, 3.05) is 25.1 Å². The minimum absolute atomic E-state index is 0.184. The summed E-state index contributed by atoms with van der Waals surface area (Å²) in [5.74, 6) is 11.2. The zero-order valence-corrected chi connectivity index (χ0v) is 16.5. The van der Waals surface area contributed by atoms with E-state index in [0.717, 1.165) is 16.7 Å². The highest BCUT2D eigenvalue weighted by molar-refractivity contribution is 5.90. The number of halogens is 1. The molecule has 0 aromatic heterocycles. The molecule has 2 aliphatic heterocycles. The third-order valence-electron chi connectivity index (χ3n) is 5.30. The van der Waals surface area contributed by atoms with Gasteiger partial charge < -0.3 is 20.6 Å². The number of fused-ring (bicyclic) bond motifs is 1. The first kappa shape index (κ1) is 19.9. The number of guanidine groups is 1. The zero-order valence-electron chi connectivity index (χ0n) is 16.5.